The molecule has 0 amide bonds. The van der Waals surface area contributed by atoms with Crippen LogP contribution in [0.5, 0.6) is 0 Å². The van der Waals surface area contributed by atoms with Crippen molar-refractivity contribution in [3.8, 4) is 0 Å². The third-order valence-corrected chi connectivity index (χ3v) is 9.24. The minimum absolute atomic E-state index is 0.244. The van der Waals surface area contributed by atoms with E-state index < -0.39 is 0 Å². The molecule has 6 heteroatoms. The topological polar surface area (TPSA) is 39.9 Å². The van der Waals surface area contributed by atoms with Gasteiger partial charge in [0.05, 0.1) is 11.7 Å². The number of benzene rings is 1. The average Bonchev–Trinajstić information content (AvgIpc) is 3.43. The van der Waals surface area contributed by atoms with Gasteiger partial charge < -0.3 is 14.7 Å². The van der Waals surface area contributed by atoms with Gasteiger partial charge in [-0.1, -0.05) is 30.7 Å². The van der Waals surface area contributed by atoms with Gasteiger partial charge in [-0.15, -0.1) is 0 Å². The fraction of sp³-hybridized carbons (Fsp3) is 0.562. The SMILES string of the molecule is C=C1c2cc(C)ccc2CCCCCN(C2CC2)c2cc(N3CCCC3)nc3cc(nn23)C2CCCCN12. The maximum Gasteiger partial charge on any atom is 0.160 e. The number of aromatic nitrogens is 3. The van der Waals surface area contributed by atoms with Crippen molar-refractivity contribution >= 4 is 23.0 Å². The summed E-state index contributed by atoms with van der Waals surface area (Å²) in [5, 5.41) is 5.34. The van der Waals surface area contributed by atoms with Gasteiger partial charge in [0.2, 0.25) is 0 Å². The van der Waals surface area contributed by atoms with Gasteiger partial charge in [0, 0.05) is 55.6 Å². The smallest absolute Gasteiger partial charge is 0.160 e. The second kappa shape index (κ2) is 9.94. The molecule has 1 unspecified atom stereocenters. The maximum atomic E-state index is 5.34. The van der Waals surface area contributed by atoms with Crippen LogP contribution in [0.15, 0.2) is 36.9 Å². The Bertz CT molecular complexity index is 1330. The molecule has 2 aromatic heterocycles. The third kappa shape index (κ3) is 4.46. The zero-order chi connectivity index (χ0) is 25.6. The number of fused-ring (bicyclic) bond motifs is 4. The highest BCUT2D eigenvalue weighted by atomic mass is 15.4. The normalized spacial score (nSPS) is 22.9. The van der Waals surface area contributed by atoms with E-state index in [1.54, 1.807) is 0 Å². The zero-order valence-corrected chi connectivity index (χ0v) is 23.0. The van der Waals surface area contributed by atoms with Crippen LogP contribution in [0.2, 0.25) is 0 Å². The lowest BCUT2D eigenvalue weighted by Crippen LogP contribution is -2.32. The molecule has 3 aliphatic heterocycles. The first kappa shape index (κ1) is 24.1. The molecule has 7 rings (SSSR count). The summed E-state index contributed by atoms with van der Waals surface area (Å²) < 4.78 is 2.18. The largest absolute Gasteiger partial charge is 0.363 e. The molecule has 1 aliphatic carbocycles. The second-order valence-corrected chi connectivity index (χ2v) is 12.1. The van der Waals surface area contributed by atoms with Crippen molar-refractivity contribution in [2.24, 2.45) is 0 Å². The van der Waals surface area contributed by atoms with E-state index in [1.807, 2.05) is 0 Å². The molecule has 4 aliphatic rings. The average molecular weight is 511 g/mol. The number of aryl methyl sites for hydroxylation is 2. The Morgan fingerprint density at radius 1 is 0.816 bits per heavy atom. The molecule has 1 saturated carbocycles. The number of piperidine rings is 1. The highest BCUT2D eigenvalue weighted by Gasteiger charge is 2.33. The van der Waals surface area contributed by atoms with E-state index >= 15 is 0 Å². The summed E-state index contributed by atoms with van der Waals surface area (Å²) in [6.07, 6.45) is 13.5. The summed E-state index contributed by atoms with van der Waals surface area (Å²) >= 11 is 0. The van der Waals surface area contributed by atoms with Crippen molar-refractivity contribution in [3.05, 3.63) is 59.3 Å². The van der Waals surface area contributed by atoms with Crippen molar-refractivity contribution in [1.82, 2.24) is 19.5 Å². The van der Waals surface area contributed by atoms with Crippen LogP contribution in [-0.4, -0.2) is 51.7 Å². The minimum atomic E-state index is 0.244. The van der Waals surface area contributed by atoms with E-state index in [-0.39, 0.29) is 6.04 Å². The molecular formula is C32H42N6. The first-order valence-corrected chi connectivity index (χ1v) is 15.1. The van der Waals surface area contributed by atoms with Crippen molar-refractivity contribution in [2.75, 3.05) is 36.0 Å². The summed E-state index contributed by atoms with van der Waals surface area (Å²) in [5.74, 6) is 2.39. The van der Waals surface area contributed by atoms with Crippen molar-refractivity contribution in [1.29, 1.82) is 0 Å². The Hall–Kier alpha value is -3.02. The van der Waals surface area contributed by atoms with E-state index in [1.165, 1.54) is 86.0 Å². The molecule has 0 spiro atoms. The Balaban J connectivity index is 1.36. The molecule has 5 heterocycles. The van der Waals surface area contributed by atoms with Crippen molar-refractivity contribution in [2.45, 2.75) is 89.6 Å². The van der Waals surface area contributed by atoms with Crippen LogP contribution in [0.1, 0.15) is 92.6 Å². The predicted octanol–water partition coefficient (Wildman–Crippen LogP) is 6.53. The van der Waals surface area contributed by atoms with Crippen LogP contribution in [0.3, 0.4) is 0 Å². The van der Waals surface area contributed by atoms with Gasteiger partial charge in [-0.3, -0.25) is 0 Å². The van der Waals surface area contributed by atoms with Gasteiger partial charge in [-0.2, -0.15) is 9.61 Å². The van der Waals surface area contributed by atoms with Gasteiger partial charge in [0.15, 0.2) is 5.65 Å². The zero-order valence-electron chi connectivity index (χ0n) is 23.0. The predicted molar refractivity (Wildman–Crippen MR) is 156 cm³/mol. The number of rotatable bonds is 2. The highest BCUT2D eigenvalue weighted by Crippen LogP contribution is 2.40. The second-order valence-electron chi connectivity index (χ2n) is 12.1. The minimum Gasteiger partial charge on any atom is -0.363 e. The van der Waals surface area contributed by atoms with Crippen molar-refractivity contribution in [3.63, 3.8) is 0 Å². The first-order chi connectivity index (χ1) is 18.7. The lowest BCUT2D eigenvalue weighted by Gasteiger charge is -2.38. The highest BCUT2D eigenvalue weighted by molar-refractivity contribution is 5.67. The number of hydrogen-bond donors (Lipinski definition) is 0. The monoisotopic (exact) mass is 510 g/mol. The van der Waals surface area contributed by atoms with Crippen LogP contribution in [0.4, 0.5) is 11.6 Å². The standard InChI is InChI=1S/C32H42N6/c1-23-12-13-25-10-4-3-6-19-37(26-14-15-26)32-22-30(35-16-8-9-17-35)33-31-21-28(34-38(31)32)29-11-5-7-18-36(29)24(2)27(25)20-23/h12-13,20-22,26,29H,2-11,14-19H2,1H3. The van der Waals surface area contributed by atoms with Gasteiger partial charge in [-0.05, 0) is 82.8 Å². The lowest BCUT2D eigenvalue weighted by atomic mass is 9.93. The lowest BCUT2D eigenvalue weighted by molar-refractivity contribution is 0.226. The molecule has 0 N–H and O–H groups in total. The van der Waals surface area contributed by atoms with E-state index in [2.05, 4.69) is 56.5 Å². The van der Waals surface area contributed by atoms with E-state index in [4.69, 9.17) is 16.7 Å². The molecule has 1 atom stereocenters. The fourth-order valence-electron chi connectivity index (χ4n) is 6.98. The van der Waals surface area contributed by atoms with E-state index in [0.717, 1.165) is 56.2 Å². The maximum absolute atomic E-state index is 5.34. The van der Waals surface area contributed by atoms with Crippen LogP contribution in [0, 0.1) is 6.92 Å². The first-order valence-electron chi connectivity index (χ1n) is 15.1. The number of hydrogen-bond acceptors (Lipinski definition) is 5. The Kier molecular flexibility index (Phi) is 6.29. The Labute approximate surface area is 227 Å². The summed E-state index contributed by atoms with van der Waals surface area (Å²) in [5.41, 5.74) is 7.43. The molecule has 2 bridgehead atoms. The Morgan fingerprint density at radius 2 is 1.61 bits per heavy atom. The molecule has 6 nitrogen and oxygen atoms in total. The fourth-order valence-corrected chi connectivity index (χ4v) is 6.98. The summed E-state index contributed by atoms with van der Waals surface area (Å²) in [7, 11) is 0. The molecule has 200 valence electrons. The number of nitrogens with zero attached hydrogens (tertiary/aromatic N) is 6. The summed E-state index contributed by atoms with van der Waals surface area (Å²) in [4.78, 5) is 12.9. The van der Waals surface area contributed by atoms with Gasteiger partial charge in [0.25, 0.3) is 0 Å². The Morgan fingerprint density at radius 3 is 2.45 bits per heavy atom. The van der Waals surface area contributed by atoms with Gasteiger partial charge in [0.1, 0.15) is 11.6 Å². The van der Waals surface area contributed by atoms with E-state index in [9.17, 15) is 0 Å². The third-order valence-electron chi connectivity index (χ3n) is 9.24. The van der Waals surface area contributed by atoms with Crippen LogP contribution < -0.4 is 9.80 Å². The summed E-state index contributed by atoms with van der Waals surface area (Å²) in [6.45, 7) is 11.3. The number of anilines is 2. The molecule has 2 saturated heterocycles. The van der Waals surface area contributed by atoms with Gasteiger partial charge in [-0.25, -0.2) is 4.98 Å². The van der Waals surface area contributed by atoms with Crippen LogP contribution in [-0.2, 0) is 6.42 Å². The molecule has 38 heavy (non-hydrogen) atoms. The molecule has 3 aromatic rings. The summed E-state index contributed by atoms with van der Waals surface area (Å²) in [6, 6.07) is 12.5. The quantitative estimate of drug-likeness (QED) is 0.392. The molecular weight excluding hydrogens is 468 g/mol. The molecule has 3 fully saturated rings. The van der Waals surface area contributed by atoms with Crippen LogP contribution in [0.25, 0.3) is 11.3 Å². The van der Waals surface area contributed by atoms with Crippen molar-refractivity contribution < 1.29 is 0 Å². The molecule has 1 aromatic carbocycles. The van der Waals surface area contributed by atoms with E-state index in [0.29, 0.717) is 6.04 Å². The van der Waals surface area contributed by atoms with Crippen LogP contribution >= 0.6 is 0 Å². The molecule has 0 radical (unpaired) electrons. The van der Waals surface area contributed by atoms with Gasteiger partial charge >= 0.3 is 0 Å².